The van der Waals surface area contributed by atoms with Gasteiger partial charge in [-0.2, -0.15) is 12.6 Å². The summed E-state index contributed by atoms with van der Waals surface area (Å²) in [4.78, 5) is 0. The molecular formula is C25H56NS+. The van der Waals surface area contributed by atoms with Gasteiger partial charge < -0.3 is 6.15 Å². The molecule has 0 aliphatic heterocycles. The van der Waals surface area contributed by atoms with E-state index in [0.717, 1.165) is 0 Å². The number of rotatable bonds is 21. The topological polar surface area (TPSA) is 36.5 Å². The number of unbranched alkanes of at least 4 members (excludes halogenated alkanes) is 15. The third-order valence-corrected chi connectivity index (χ3v) is 6.66. The molecule has 4 N–H and O–H groups in total. The number of hydrogen-bond acceptors (Lipinski definition) is 1. The summed E-state index contributed by atoms with van der Waals surface area (Å²) >= 11 is 5.25. The maximum absolute atomic E-state index is 5.25. The van der Waals surface area contributed by atoms with Gasteiger partial charge in [-0.05, 0) is 19.3 Å². The van der Waals surface area contributed by atoms with Crippen LogP contribution in [0.5, 0.6) is 0 Å². The average molecular weight is 403 g/mol. The van der Waals surface area contributed by atoms with Gasteiger partial charge in [-0.15, -0.1) is 0 Å². The summed E-state index contributed by atoms with van der Waals surface area (Å²) in [6.07, 6.45) is 29.5. The molecule has 0 unspecified atom stereocenters. The highest BCUT2D eigenvalue weighted by molar-refractivity contribution is 7.81. The molecule has 2 heteroatoms. The van der Waals surface area contributed by atoms with Crippen molar-refractivity contribution in [1.29, 1.82) is 0 Å². The average Bonchev–Trinajstić information content (AvgIpc) is 2.64. The third kappa shape index (κ3) is 20.8. The van der Waals surface area contributed by atoms with E-state index in [2.05, 4.69) is 20.8 Å². The minimum Gasteiger partial charge on any atom is -0.369 e. The van der Waals surface area contributed by atoms with Crippen LogP contribution in [0.4, 0.5) is 0 Å². The molecule has 0 amide bonds. The van der Waals surface area contributed by atoms with E-state index < -0.39 is 0 Å². The van der Waals surface area contributed by atoms with Crippen molar-refractivity contribution in [2.24, 2.45) is 0 Å². The fraction of sp³-hybridized carbons (Fsp3) is 1.00. The molecule has 0 atom stereocenters. The van der Waals surface area contributed by atoms with Gasteiger partial charge in [0.15, 0.2) is 0 Å². The molecular weight excluding hydrogens is 346 g/mol. The fourth-order valence-corrected chi connectivity index (χ4v) is 4.55. The van der Waals surface area contributed by atoms with Crippen LogP contribution in [0.2, 0.25) is 0 Å². The van der Waals surface area contributed by atoms with Crippen LogP contribution in [0.3, 0.4) is 0 Å². The largest absolute Gasteiger partial charge is 0.369 e. The van der Waals surface area contributed by atoms with Crippen LogP contribution in [-0.4, -0.2) is 4.75 Å². The zero-order valence-electron chi connectivity index (χ0n) is 19.8. The maximum Gasteiger partial charge on any atom is 0.0130 e. The predicted octanol–water partition coefficient (Wildman–Crippen LogP) is 10.3. The zero-order chi connectivity index (χ0) is 19.3. The van der Waals surface area contributed by atoms with Gasteiger partial charge in [0.05, 0.1) is 0 Å². The van der Waals surface area contributed by atoms with Crippen molar-refractivity contribution in [3.8, 4) is 0 Å². The molecule has 0 spiro atoms. The van der Waals surface area contributed by atoms with Crippen molar-refractivity contribution >= 4 is 12.6 Å². The summed E-state index contributed by atoms with van der Waals surface area (Å²) < 4.78 is 0.334. The Morgan fingerprint density at radius 2 is 0.630 bits per heavy atom. The highest BCUT2D eigenvalue weighted by atomic mass is 32.1. The van der Waals surface area contributed by atoms with Crippen LogP contribution in [0.1, 0.15) is 156 Å². The first kappa shape index (κ1) is 29.5. The normalized spacial score (nSPS) is 11.6. The van der Waals surface area contributed by atoms with Crippen molar-refractivity contribution in [3.63, 3.8) is 0 Å². The van der Waals surface area contributed by atoms with E-state index in [0.29, 0.717) is 4.75 Å². The molecule has 0 aromatic heterocycles. The monoisotopic (exact) mass is 402 g/mol. The van der Waals surface area contributed by atoms with Gasteiger partial charge >= 0.3 is 0 Å². The Balaban J connectivity index is 0. The molecule has 0 radical (unpaired) electrons. The van der Waals surface area contributed by atoms with Crippen molar-refractivity contribution in [1.82, 2.24) is 6.15 Å². The quantitative estimate of drug-likeness (QED) is 0.141. The summed E-state index contributed by atoms with van der Waals surface area (Å²) in [5.74, 6) is 0. The molecule has 27 heavy (non-hydrogen) atoms. The first-order valence-electron chi connectivity index (χ1n) is 12.4. The summed E-state index contributed by atoms with van der Waals surface area (Å²) in [5.41, 5.74) is 0. The Morgan fingerprint density at radius 1 is 0.407 bits per heavy atom. The molecule has 0 aromatic carbocycles. The van der Waals surface area contributed by atoms with Crippen LogP contribution >= 0.6 is 12.6 Å². The van der Waals surface area contributed by atoms with Crippen molar-refractivity contribution < 1.29 is 0 Å². The summed E-state index contributed by atoms with van der Waals surface area (Å²) in [7, 11) is 0. The summed E-state index contributed by atoms with van der Waals surface area (Å²) in [6.45, 7) is 6.92. The van der Waals surface area contributed by atoms with Gasteiger partial charge in [0.2, 0.25) is 0 Å². The minimum absolute atomic E-state index is 0. The van der Waals surface area contributed by atoms with E-state index in [-0.39, 0.29) is 6.15 Å². The number of hydrogen-bond donors (Lipinski definition) is 2. The number of quaternary nitrogens is 1. The van der Waals surface area contributed by atoms with E-state index in [1.807, 2.05) is 0 Å². The van der Waals surface area contributed by atoms with Crippen LogP contribution < -0.4 is 6.15 Å². The van der Waals surface area contributed by atoms with Gasteiger partial charge in [-0.25, -0.2) is 0 Å². The Kier molecular flexibility index (Phi) is 24.7. The first-order chi connectivity index (χ1) is 12.7. The first-order valence-corrected chi connectivity index (χ1v) is 12.9. The molecule has 1 nitrogen and oxygen atoms in total. The fourth-order valence-electron chi connectivity index (χ4n) is 4.08. The lowest BCUT2D eigenvalue weighted by molar-refractivity contribution is 0.406. The van der Waals surface area contributed by atoms with Gasteiger partial charge in [-0.3, -0.25) is 0 Å². The van der Waals surface area contributed by atoms with Gasteiger partial charge in [0.25, 0.3) is 0 Å². The highest BCUT2D eigenvalue weighted by Gasteiger charge is 2.23. The van der Waals surface area contributed by atoms with Crippen LogP contribution in [0.25, 0.3) is 0 Å². The Morgan fingerprint density at radius 3 is 0.889 bits per heavy atom. The minimum atomic E-state index is 0. The molecule has 0 aliphatic carbocycles. The molecule has 0 saturated carbocycles. The molecule has 0 aromatic rings. The molecule has 0 bridgehead atoms. The van der Waals surface area contributed by atoms with E-state index in [1.165, 1.54) is 135 Å². The molecule has 0 fully saturated rings. The van der Waals surface area contributed by atoms with Crippen LogP contribution in [0, 0.1) is 0 Å². The molecule has 0 heterocycles. The lowest BCUT2D eigenvalue weighted by Gasteiger charge is -2.29. The van der Waals surface area contributed by atoms with Gasteiger partial charge in [-0.1, -0.05) is 136 Å². The molecule has 166 valence electrons. The Hall–Kier alpha value is 0.310. The van der Waals surface area contributed by atoms with E-state index in [9.17, 15) is 0 Å². The van der Waals surface area contributed by atoms with Crippen molar-refractivity contribution in [2.75, 3.05) is 0 Å². The zero-order valence-corrected chi connectivity index (χ0v) is 20.7. The third-order valence-electron chi connectivity index (χ3n) is 5.99. The molecule has 0 aliphatic rings. The summed E-state index contributed by atoms with van der Waals surface area (Å²) in [5, 5.41) is 0. The number of thiol groups is 1. The molecule has 0 saturated heterocycles. The van der Waals surface area contributed by atoms with Crippen LogP contribution in [0.15, 0.2) is 0 Å². The SMILES string of the molecule is CCCCCCCCC(S)(CCCCCCCC)CCCCCCCC.[NH4+]. The van der Waals surface area contributed by atoms with Crippen molar-refractivity contribution in [3.05, 3.63) is 0 Å². The Labute approximate surface area is 179 Å². The molecule has 0 rings (SSSR count). The standard InChI is InChI=1S/C25H52S.H3N/c1-4-7-10-13-16-19-22-25(26,23-20-17-14-11-8-5-2)24-21-18-15-12-9-6-3;/h26H,4-24H2,1-3H3;1H3/p+1. The van der Waals surface area contributed by atoms with Crippen LogP contribution in [-0.2, 0) is 0 Å². The second kappa shape index (κ2) is 22.6. The van der Waals surface area contributed by atoms with Gasteiger partial charge in [0, 0.05) is 4.75 Å². The van der Waals surface area contributed by atoms with E-state index in [1.54, 1.807) is 0 Å². The maximum atomic E-state index is 5.25. The second-order valence-electron chi connectivity index (χ2n) is 8.78. The predicted molar refractivity (Wildman–Crippen MR) is 132 cm³/mol. The lowest BCUT2D eigenvalue weighted by atomic mass is 9.88. The highest BCUT2D eigenvalue weighted by Crippen LogP contribution is 2.34. The second-order valence-corrected chi connectivity index (χ2v) is 9.73. The van der Waals surface area contributed by atoms with Crippen molar-refractivity contribution in [2.45, 2.75) is 160 Å². The summed E-state index contributed by atoms with van der Waals surface area (Å²) in [6, 6.07) is 0. The van der Waals surface area contributed by atoms with Gasteiger partial charge in [0.1, 0.15) is 0 Å². The lowest BCUT2D eigenvalue weighted by Crippen LogP contribution is -2.21. The van der Waals surface area contributed by atoms with E-state index >= 15 is 0 Å². The smallest absolute Gasteiger partial charge is 0.0130 e. The van der Waals surface area contributed by atoms with E-state index in [4.69, 9.17) is 12.6 Å². The Bertz CT molecular complexity index is 226.